The summed E-state index contributed by atoms with van der Waals surface area (Å²) in [4.78, 5) is 4.17. The van der Waals surface area contributed by atoms with E-state index in [1.165, 1.54) is 0 Å². The molecule has 0 heterocycles. The zero-order chi connectivity index (χ0) is 12.2. The topological polar surface area (TPSA) is 6.48 Å². The lowest BCUT2D eigenvalue weighted by Crippen LogP contribution is -2.10. The average Bonchev–Trinajstić information content (AvgIpc) is 2.20. The fraction of sp³-hybridized carbons (Fsp3) is 0.714. The van der Waals surface area contributed by atoms with E-state index in [2.05, 4.69) is 33.5 Å². The third kappa shape index (κ3) is 13.0. The van der Waals surface area contributed by atoms with Crippen LogP contribution >= 0.6 is 0 Å². The van der Waals surface area contributed by atoms with Crippen LogP contribution in [0.5, 0.6) is 0 Å². The van der Waals surface area contributed by atoms with E-state index < -0.39 is 0 Å². The predicted octanol–water partition coefficient (Wildman–Crippen LogP) is 1.68. The van der Waals surface area contributed by atoms with Crippen LogP contribution in [0.25, 0.3) is 0 Å². The molecule has 2 heteroatoms. The second-order valence-corrected chi connectivity index (χ2v) is 4.39. The molecule has 0 aliphatic rings. The van der Waals surface area contributed by atoms with E-state index in [1.54, 1.807) is 0 Å². The van der Waals surface area contributed by atoms with Crippen molar-refractivity contribution in [2.45, 2.75) is 25.7 Å². The van der Waals surface area contributed by atoms with Crippen LogP contribution in [0.1, 0.15) is 25.7 Å². The van der Waals surface area contributed by atoms with Crippen molar-refractivity contribution in [2.24, 2.45) is 0 Å². The minimum Gasteiger partial charge on any atom is -0.299 e. The van der Waals surface area contributed by atoms with E-state index in [9.17, 15) is 0 Å². The maximum absolute atomic E-state index is 3.18. The van der Waals surface area contributed by atoms with Crippen LogP contribution in [-0.4, -0.2) is 51.1 Å². The number of hydrogen-bond donors (Lipinski definition) is 0. The standard InChI is InChI=1S/C14H24N2/c1-15(2)13-11-9-7-5-6-8-10-12-14-16(3)4/h5-8,13-14H2,1-4H3. The first-order chi connectivity index (χ1) is 7.63. The summed E-state index contributed by atoms with van der Waals surface area (Å²) in [6, 6.07) is 0. The lowest BCUT2D eigenvalue weighted by atomic mass is 10.2. The second-order valence-electron chi connectivity index (χ2n) is 4.39. The van der Waals surface area contributed by atoms with Crippen LogP contribution in [0, 0.1) is 23.7 Å². The first-order valence-corrected chi connectivity index (χ1v) is 5.84. The van der Waals surface area contributed by atoms with E-state index in [-0.39, 0.29) is 0 Å². The highest BCUT2D eigenvalue weighted by atomic mass is 15.0. The Kier molecular flexibility index (Phi) is 9.92. The van der Waals surface area contributed by atoms with Gasteiger partial charge >= 0.3 is 0 Å². The molecule has 0 unspecified atom stereocenters. The third-order valence-corrected chi connectivity index (χ3v) is 1.89. The first kappa shape index (κ1) is 15.0. The zero-order valence-electron chi connectivity index (χ0n) is 11.1. The molecular formula is C14H24N2. The maximum atomic E-state index is 3.18. The van der Waals surface area contributed by atoms with E-state index >= 15 is 0 Å². The Morgan fingerprint density at radius 1 is 0.625 bits per heavy atom. The van der Waals surface area contributed by atoms with Gasteiger partial charge < -0.3 is 0 Å². The van der Waals surface area contributed by atoms with Crippen LogP contribution in [0.15, 0.2) is 0 Å². The molecular weight excluding hydrogens is 196 g/mol. The van der Waals surface area contributed by atoms with Crippen molar-refractivity contribution in [3.63, 3.8) is 0 Å². The molecule has 0 spiro atoms. The summed E-state index contributed by atoms with van der Waals surface area (Å²) in [7, 11) is 8.15. The summed E-state index contributed by atoms with van der Waals surface area (Å²) in [5.74, 6) is 12.6. The van der Waals surface area contributed by atoms with Gasteiger partial charge in [0.1, 0.15) is 0 Å². The number of unbranched alkanes of at least 4 members (excludes halogenated alkanes) is 3. The summed E-state index contributed by atoms with van der Waals surface area (Å²) in [5, 5.41) is 0. The van der Waals surface area contributed by atoms with Crippen LogP contribution in [0.2, 0.25) is 0 Å². The molecule has 0 aromatic carbocycles. The summed E-state index contributed by atoms with van der Waals surface area (Å²) in [6.45, 7) is 1.73. The summed E-state index contributed by atoms with van der Waals surface area (Å²) < 4.78 is 0. The van der Waals surface area contributed by atoms with Crippen LogP contribution in [-0.2, 0) is 0 Å². The lowest BCUT2D eigenvalue weighted by molar-refractivity contribution is 0.463. The molecule has 0 aliphatic heterocycles. The van der Waals surface area contributed by atoms with Gasteiger partial charge in [0.15, 0.2) is 0 Å². The lowest BCUT2D eigenvalue weighted by Gasteiger charge is -2.01. The molecule has 2 nitrogen and oxygen atoms in total. The minimum atomic E-state index is 0.864. The van der Waals surface area contributed by atoms with Gasteiger partial charge in [0.2, 0.25) is 0 Å². The van der Waals surface area contributed by atoms with E-state index in [0.717, 1.165) is 38.8 Å². The Balaban J connectivity index is 3.31. The van der Waals surface area contributed by atoms with E-state index in [1.807, 2.05) is 28.2 Å². The van der Waals surface area contributed by atoms with Gasteiger partial charge in [0.25, 0.3) is 0 Å². The number of rotatable bonds is 5. The van der Waals surface area contributed by atoms with E-state index in [0.29, 0.717) is 0 Å². The quantitative estimate of drug-likeness (QED) is 0.514. The predicted molar refractivity (Wildman–Crippen MR) is 71.1 cm³/mol. The molecule has 0 N–H and O–H groups in total. The van der Waals surface area contributed by atoms with Gasteiger partial charge in [0.05, 0.1) is 13.1 Å². The second kappa shape index (κ2) is 10.6. The molecule has 0 aliphatic carbocycles. The van der Waals surface area contributed by atoms with Crippen LogP contribution in [0.4, 0.5) is 0 Å². The largest absolute Gasteiger partial charge is 0.299 e. The van der Waals surface area contributed by atoms with Gasteiger partial charge in [-0.3, -0.25) is 9.80 Å². The molecule has 0 atom stereocenters. The molecule has 0 fully saturated rings. The Bertz CT molecular complexity index is 241. The summed E-state index contributed by atoms with van der Waals surface area (Å²) in [6.07, 6.45) is 4.33. The Hall–Kier alpha value is -0.960. The average molecular weight is 220 g/mol. The van der Waals surface area contributed by atoms with Crippen molar-refractivity contribution in [3.05, 3.63) is 0 Å². The van der Waals surface area contributed by atoms with Crippen molar-refractivity contribution in [3.8, 4) is 23.7 Å². The van der Waals surface area contributed by atoms with Gasteiger partial charge in [-0.2, -0.15) is 0 Å². The van der Waals surface area contributed by atoms with Crippen LogP contribution in [0.3, 0.4) is 0 Å². The zero-order valence-corrected chi connectivity index (χ0v) is 11.1. The molecule has 0 amide bonds. The number of nitrogens with zero attached hydrogens (tertiary/aromatic N) is 2. The fourth-order valence-corrected chi connectivity index (χ4v) is 1.03. The molecule has 0 radical (unpaired) electrons. The maximum Gasteiger partial charge on any atom is 0.0596 e. The summed E-state index contributed by atoms with van der Waals surface area (Å²) in [5.41, 5.74) is 0. The van der Waals surface area contributed by atoms with Gasteiger partial charge in [-0.05, 0) is 41.0 Å². The Morgan fingerprint density at radius 3 is 1.31 bits per heavy atom. The molecule has 0 aromatic heterocycles. The van der Waals surface area contributed by atoms with Crippen molar-refractivity contribution in [2.75, 3.05) is 41.3 Å². The molecule has 0 rings (SSSR count). The smallest absolute Gasteiger partial charge is 0.0596 e. The Labute approximate surface area is 101 Å². The highest BCUT2D eigenvalue weighted by Crippen LogP contribution is 1.97. The van der Waals surface area contributed by atoms with Crippen LogP contribution < -0.4 is 0 Å². The van der Waals surface area contributed by atoms with Crippen molar-refractivity contribution < 1.29 is 0 Å². The molecule has 0 bridgehead atoms. The third-order valence-electron chi connectivity index (χ3n) is 1.89. The fourth-order valence-electron chi connectivity index (χ4n) is 1.03. The minimum absolute atomic E-state index is 0.864. The van der Waals surface area contributed by atoms with Gasteiger partial charge in [0, 0.05) is 12.8 Å². The molecule has 0 aromatic rings. The van der Waals surface area contributed by atoms with E-state index in [4.69, 9.17) is 0 Å². The van der Waals surface area contributed by atoms with Crippen molar-refractivity contribution in [1.29, 1.82) is 0 Å². The van der Waals surface area contributed by atoms with Gasteiger partial charge in [-0.1, -0.05) is 11.8 Å². The Morgan fingerprint density at radius 2 is 1.00 bits per heavy atom. The van der Waals surface area contributed by atoms with Crippen molar-refractivity contribution >= 4 is 0 Å². The van der Waals surface area contributed by atoms with Crippen molar-refractivity contribution in [1.82, 2.24) is 9.80 Å². The normalized spacial score (nSPS) is 9.62. The van der Waals surface area contributed by atoms with Gasteiger partial charge in [-0.25, -0.2) is 0 Å². The van der Waals surface area contributed by atoms with Gasteiger partial charge in [-0.15, -0.1) is 11.8 Å². The molecule has 0 saturated carbocycles. The molecule has 16 heavy (non-hydrogen) atoms. The molecule has 0 saturated heterocycles. The molecule has 90 valence electrons. The number of hydrogen-bond acceptors (Lipinski definition) is 2. The highest BCUT2D eigenvalue weighted by molar-refractivity contribution is 5.02. The monoisotopic (exact) mass is 220 g/mol. The SMILES string of the molecule is CN(C)CC#CCCCCC#CCN(C)C. The first-order valence-electron chi connectivity index (χ1n) is 5.84. The highest BCUT2D eigenvalue weighted by Gasteiger charge is 1.85. The summed E-state index contributed by atoms with van der Waals surface area (Å²) >= 11 is 0.